The molecule has 4 aliphatic rings. The topological polar surface area (TPSA) is 152 Å². The number of aliphatic hydroxyl groups is 3. The molecule has 8 atom stereocenters. The van der Waals surface area contributed by atoms with Gasteiger partial charge >= 0.3 is 11.9 Å². The van der Waals surface area contributed by atoms with Gasteiger partial charge in [-0.05, 0) is 63.2 Å². The lowest BCUT2D eigenvalue weighted by Crippen LogP contribution is -2.70. The number of rotatable bonds is 3. The fraction of sp³-hybridized carbons (Fsp3) is 0.857. The molecule has 29 heavy (non-hydrogen) atoms. The van der Waals surface area contributed by atoms with Crippen LogP contribution in [0.2, 0.25) is 0 Å². The molecule has 0 spiro atoms. The molecule has 8 heteroatoms. The van der Waals surface area contributed by atoms with E-state index >= 15 is 0 Å². The maximum Gasteiger partial charge on any atom is 0.372 e. The summed E-state index contributed by atoms with van der Waals surface area (Å²) in [7, 11) is 0. The lowest BCUT2D eigenvalue weighted by molar-refractivity contribution is -0.260. The molecule has 0 unspecified atom stereocenters. The number of carboxylic acid groups (broad SMARTS) is 2. The number of fused-ring (bicyclic) bond motifs is 5. The maximum atomic E-state index is 12.6. The van der Waals surface area contributed by atoms with Crippen LogP contribution in [-0.2, 0) is 14.4 Å². The van der Waals surface area contributed by atoms with E-state index in [9.17, 15) is 39.9 Å². The van der Waals surface area contributed by atoms with Gasteiger partial charge in [0.1, 0.15) is 0 Å². The van der Waals surface area contributed by atoms with E-state index in [1.807, 2.05) is 0 Å². The second-order valence-corrected chi connectivity index (χ2v) is 10.1. The molecule has 0 heterocycles. The van der Waals surface area contributed by atoms with Crippen LogP contribution in [0.3, 0.4) is 0 Å². The molecule has 4 saturated carbocycles. The van der Waals surface area contributed by atoms with E-state index < -0.39 is 63.6 Å². The molecule has 162 valence electrons. The number of carbonyl (C=O) groups is 3. The van der Waals surface area contributed by atoms with E-state index in [1.54, 1.807) is 6.92 Å². The number of aliphatic carboxylic acids is 2. The van der Waals surface area contributed by atoms with Crippen molar-refractivity contribution in [2.24, 2.45) is 28.6 Å². The molecule has 0 radical (unpaired) electrons. The second kappa shape index (κ2) is 6.25. The lowest BCUT2D eigenvalue weighted by atomic mass is 9.41. The molecule has 8 nitrogen and oxygen atoms in total. The van der Waals surface area contributed by atoms with Crippen molar-refractivity contribution in [3.8, 4) is 0 Å². The van der Waals surface area contributed by atoms with Crippen molar-refractivity contribution >= 4 is 17.7 Å². The molecule has 0 aliphatic heterocycles. The largest absolute Gasteiger partial charge is 0.481 e. The van der Waals surface area contributed by atoms with Crippen LogP contribution in [0.1, 0.15) is 64.7 Å². The minimum absolute atomic E-state index is 0.0122. The Morgan fingerprint density at radius 2 is 1.52 bits per heavy atom. The average Bonchev–Trinajstić information content (AvgIpc) is 2.91. The third kappa shape index (κ3) is 2.39. The van der Waals surface area contributed by atoms with Gasteiger partial charge in [0.05, 0.1) is 22.7 Å². The van der Waals surface area contributed by atoms with Gasteiger partial charge in [0.2, 0.25) is 5.78 Å². The standard InChI is InChI=1S/C21H30O8/c1-18-6-3-12-13(21(18,29)9-5-14(18)15(23)16(24)25)4-7-19(28)10-11(22)2-8-20(12,19)17(26)27/h11-14,22,28-29H,2-10H2,1H3,(H,24,25)(H,26,27)/t11-,12-,13+,14+,18+,19+,20+,21+/m0/s1. The van der Waals surface area contributed by atoms with Crippen molar-refractivity contribution in [1.82, 2.24) is 0 Å². The SMILES string of the molecule is C[C@]12CC[C@H]3[C@@H](CC[C@@]4(O)C[C@@H](O)CC[C@]34C(=O)O)[C@]1(O)CC[C@@H]2C(=O)C(=O)O. The average molecular weight is 410 g/mol. The fourth-order valence-corrected chi connectivity index (χ4v) is 7.87. The lowest BCUT2D eigenvalue weighted by Gasteiger charge is -2.64. The predicted molar refractivity (Wildman–Crippen MR) is 98.7 cm³/mol. The van der Waals surface area contributed by atoms with Gasteiger partial charge in [0.25, 0.3) is 0 Å². The zero-order valence-electron chi connectivity index (χ0n) is 16.6. The Balaban J connectivity index is 1.76. The molecule has 0 aromatic heterocycles. The van der Waals surface area contributed by atoms with Crippen molar-refractivity contribution in [3.05, 3.63) is 0 Å². The van der Waals surface area contributed by atoms with Crippen molar-refractivity contribution in [2.45, 2.75) is 82.0 Å². The fourth-order valence-electron chi connectivity index (χ4n) is 7.87. The molecule has 0 aromatic rings. The summed E-state index contributed by atoms with van der Waals surface area (Å²) in [6.07, 6.45) is 1.51. The van der Waals surface area contributed by atoms with Gasteiger partial charge < -0.3 is 25.5 Å². The highest BCUT2D eigenvalue weighted by Gasteiger charge is 2.74. The summed E-state index contributed by atoms with van der Waals surface area (Å²) >= 11 is 0. The number of carbonyl (C=O) groups excluding carboxylic acids is 1. The summed E-state index contributed by atoms with van der Waals surface area (Å²) in [5, 5.41) is 52.8. The van der Waals surface area contributed by atoms with Gasteiger partial charge in [-0.25, -0.2) is 4.79 Å². The van der Waals surface area contributed by atoms with Crippen LogP contribution in [-0.4, -0.2) is 60.6 Å². The number of carboxylic acids is 2. The molecule has 0 amide bonds. The molecule has 0 saturated heterocycles. The second-order valence-electron chi connectivity index (χ2n) is 10.1. The smallest absolute Gasteiger partial charge is 0.372 e. The minimum atomic E-state index is -1.53. The monoisotopic (exact) mass is 410 g/mol. The summed E-state index contributed by atoms with van der Waals surface area (Å²) in [6.45, 7) is 1.76. The first-order valence-electron chi connectivity index (χ1n) is 10.6. The van der Waals surface area contributed by atoms with Gasteiger partial charge in [-0.1, -0.05) is 6.92 Å². The third-order valence-corrected chi connectivity index (χ3v) is 9.33. The van der Waals surface area contributed by atoms with E-state index in [1.165, 1.54) is 0 Å². The Morgan fingerprint density at radius 3 is 2.14 bits per heavy atom. The number of ketones is 1. The van der Waals surface area contributed by atoms with Gasteiger partial charge in [-0.2, -0.15) is 0 Å². The van der Waals surface area contributed by atoms with E-state index in [2.05, 4.69) is 0 Å². The molecule has 4 rings (SSSR count). The normalized spacial score (nSPS) is 51.4. The molecular weight excluding hydrogens is 380 g/mol. The van der Waals surface area contributed by atoms with E-state index in [-0.39, 0.29) is 38.5 Å². The zero-order valence-corrected chi connectivity index (χ0v) is 16.6. The summed E-state index contributed by atoms with van der Waals surface area (Å²) in [5.41, 5.74) is -5.24. The highest BCUT2D eigenvalue weighted by atomic mass is 16.4. The van der Waals surface area contributed by atoms with Crippen LogP contribution in [0.15, 0.2) is 0 Å². The zero-order chi connectivity index (χ0) is 21.4. The number of Topliss-reactive ketones (excluding diaryl/α,β-unsaturated/α-hetero) is 1. The van der Waals surface area contributed by atoms with E-state index in [0.717, 1.165) is 0 Å². The predicted octanol–water partition coefficient (Wildman–Crippen LogP) is 0.954. The van der Waals surface area contributed by atoms with Gasteiger partial charge in [0.15, 0.2) is 0 Å². The van der Waals surface area contributed by atoms with Crippen molar-refractivity contribution in [2.75, 3.05) is 0 Å². The Kier molecular flexibility index (Phi) is 4.47. The van der Waals surface area contributed by atoms with E-state index in [0.29, 0.717) is 19.3 Å². The van der Waals surface area contributed by atoms with Crippen LogP contribution >= 0.6 is 0 Å². The van der Waals surface area contributed by atoms with Crippen LogP contribution < -0.4 is 0 Å². The Morgan fingerprint density at radius 1 is 0.862 bits per heavy atom. The molecular formula is C21H30O8. The number of hydrogen-bond acceptors (Lipinski definition) is 6. The quantitative estimate of drug-likeness (QED) is 0.431. The minimum Gasteiger partial charge on any atom is -0.481 e. The highest BCUT2D eigenvalue weighted by molar-refractivity contribution is 6.33. The van der Waals surface area contributed by atoms with Gasteiger partial charge in [-0.15, -0.1) is 0 Å². The Hall–Kier alpha value is -1.51. The summed E-state index contributed by atoms with van der Waals surface area (Å²) in [6, 6.07) is 0. The van der Waals surface area contributed by atoms with Crippen LogP contribution in [0.4, 0.5) is 0 Å². The first-order chi connectivity index (χ1) is 13.4. The maximum absolute atomic E-state index is 12.6. The number of hydrogen-bond donors (Lipinski definition) is 5. The Labute approximate surface area is 168 Å². The third-order valence-electron chi connectivity index (χ3n) is 9.33. The van der Waals surface area contributed by atoms with Crippen molar-refractivity contribution < 1.29 is 39.9 Å². The van der Waals surface area contributed by atoms with Crippen LogP contribution in [0.5, 0.6) is 0 Å². The summed E-state index contributed by atoms with van der Waals surface area (Å²) in [4.78, 5) is 36.2. The Bertz CT molecular complexity index is 766. The highest BCUT2D eigenvalue weighted by Crippen LogP contribution is 2.70. The first-order valence-corrected chi connectivity index (χ1v) is 10.6. The van der Waals surface area contributed by atoms with Crippen LogP contribution in [0, 0.1) is 28.6 Å². The molecule has 5 N–H and O–H groups in total. The summed E-state index contributed by atoms with van der Waals surface area (Å²) in [5.74, 6) is -5.18. The van der Waals surface area contributed by atoms with Gasteiger partial charge in [0, 0.05) is 17.8 Å². The van der Waals surface area contributed by atoms with Gasteiger partial charge in [-0.3, -0.25) is 9.59 Å². The van der Waals surface area contributed by atoms with Crippen LogP contribution in [0.25, 0.3) is 0 Å². The molecule has 4 fully saturated rings. The summed E-state index contributed by atoms with van der Waals surface area (Å²) < 4.78 is 0. The van der Waals surface area contributed by atoms with Crippen molar-refractivity contribution in [1.29, 1.82) is 0 Å². The van der Waals surface area contributed by atoms with E-state index in [4.69, 9.17) is 0 Å². The molecule has 0 bridgehead atoms. The molecule has 0 aromatic carbocycles. The molecule has 4 aliphatic carbocycles. The number of aliphatic hydroxyl groups excluding tert-OH is 1. The first kappa shape index (κ1) is 20.8. The van der Waals surface area contributed by atoms with Crippen molar-refractivity contribution in [3.63, 3.8) is 0 Å².